The molecule has 4 heteroatoms. The number of hydrogen-bond acceptors (Lipinski definition) is 4. The van der Waals surface area contributed by atoms with E-state index in [0.717, 1.165) is 23.6 Å². The molecule has 0 saturated heterocycles. The van der Waals surface area contributed by atoms with Gasteiger partial charge >= 0.3 is 0 Å². The molecule has 0 saturated carbocycles. The van der Waals surface area contributed by atoms with E-state index in [1.807, 2.05) is 26.0 Å². The van der Waals surface area contributed by atoms with Gasteiger partial charge in [-0.05, 0) is 19.9 Å². The number of anilines is 1. The highest BCUT2D eigenvalue weighted by Crippen LogP contribution is 2.12. The summed E-state index contributed by atoms with van der Waals surface area (Å²) in [6, 6.07) is 3.97. The van der Waals surface area contributed by atoms with Gasteiger partial charge in [0, 0.05) is 31.5 Å². The average Bonchev–Trinajstić information content (AvgIpc) is 2.26. The number of rotatable bonds is 5. The highest BCUT2D eigenvalue weighted by atomic mass is 16.5. The van der Waals surface area contributed by atoms with Crippen molar-refractivity contribution < 1.29 is 4.74 Å². The molecule has 0 bridgehead atoms. The van der Waals surface area contributed by atoms with Crippen LogP contribution in [0.4, 0.5) is 5.82 Å². The second kappa shape index (κ2) is 5.68. The predicted octanol–water partition coefficient (Wildman–Crippen LogP) is 1.30. The molecular weight excluding hydrogens is 190 g/mol. The van der Waals surface area contributed by atoms with Crippen LogP contribution in [0.1, 0.15) is 18.2 Å². The van der Waals surface area contributed by atoms with E-state index in [0.29, 0.717) is 6.54 Å². The number of methoxy groups -OCH3 is 1. The van der Waals surface area contributed by atoms with Gasteiger partial charge in [-0.1, -0.05) is 6.07 Å². The Morgan fingerprint density at radius 3 is 2.87 bits per heavy atom. The summed E-state index contributed by atoms with van der Waals surface area (Å²) in [7, 11) is 1.69. The number of nitrogens with two attached hydrogens (primary N) is 1. The third-order valence-corrected chi connectivity index (χ3v) is 2.30. The van der Waals surface area contributed by atoms with E-state index in [1.54, 1.807) is 7.11 Å². The van der Waals surface area contributed by atoms with Gasteiger partial charge in [0.1, 0.15) is 5.82 Å². The second-order valence-corrected chi connectivity index (χ2v) is 3.59. The number of hydrogen-bond donors (Lipinski definition) is 2. The molecule has 84 valence electrons. The molecule has 0 aliphatic rings. The summed E-state index contributed by atoms with van der Waals surface area (Å²) >= 11 is 0. The van der Waals surface area contributed by atoms with E-state index in [2.05, 4.69) is 10.3 Å². The Morgan fingerprint density at radius 1 is 1.53 bits per heavy atom. The molecule has 0 aliphatic heterocycles. The average molecular weight is 209 g/mol. The van der Waals surface area contributed by atoms with Crippen molar-refractivity contribution in [2.75, 3.05) is 19.0 Å². The molecule has 0 spiro atoms. The number of pyridine rings is 1. The van der Waals surface area contributed by atoms with Gasteiger partial charge in [-0.25, -0.2) is 4.98 Å². The molecule has 0 radical (unpaired) electrons. The Bertz CT molecular complexity index is 315. The van der Waals surface area contributed by atoms with Crippen LogP contribution in [-0.4, -0.2) is 24.7 Å². The Hall–Kier alpha value is -1.13. The van der Waals surface area contributed by atoms with Crippen LogP contribution >= 0.6 is 0 Å². The van der Waals surface area contributed by atoms with Gasteiger partial charge in [0.05, 0.1) is 6.10 Å². The summed E-state index contributed by atoms with van der Waals surface area (Å²) in [5, 5.41) is 3.24. The minimum absolute atomic E-state index is 0.165. The third-order valence-electron chi connectivity index (χ3n) is 2.30. The highest BCUT2D eigenvalue weighted by Gasteiger charge is 2.04. The number of aryl methyl sites for hydroxylation is 1. The third kappa shape index (κ3) is 3.49. The first-order valence-electron chi connectivity index (χ1n) is 5.10. The zero-order valence-electron chi connectivity index (χ0n) is 9.58. The second-order valence-electron chi connectivity index (χ2n) is 3.59. The van der Waals surface area contributed by atoms with Crippen molar-refractivity contribution in [2.24, 2.45) is 5.73 Å². The first-order chi connectivity index (χ1) is 7.17. The van der Waals surface area contributed by atoms with E-state index in [4.69, 9.17) is 10.5 Å². The summed E-state index contributed by atoms with van der Waals surface area (Å²) in [5.41, 5.74) is 7.65. The number of nitrogens with zero attached hydrogens (tertiary/aromatic N) is 1. The first-order valence-corrected chi connectivity index (χ1v) is 5.10. The fourth-order valence-electron chi connectivity index (χ4n) is 1.23. The van der Waals surface area contributed by atoms with Crippen LogP contribution in [0.5, 0.6) is 0 Å². The fraction of sp³-hybridized carbons (Fsp3) is 0.545. The molecule has 0 fully saturated rings. The summed E-state index contributed by atoms with van der Waals surface area (Å²) in [6.07, 6.45) is 0.165. The van der Waals surface area contributed by atoms with Crippen molar-refractivity contribution in [2.45, 2.75) is 26.5 Å². The van der Waals surface area contributed by atoms with Crippen molar-refractivity contribution in [1.82, 2.24) is 4.98 Å². The highest BCUT2D eigenvalue weighted by molar-refractivity contribution is 5.44. The van der Waals surface area contributed by atoms with Crippen LogP contribution in [0.3, 0.4) is 0 Å². The monoisotopic (exact) mass is 209 g/mol. The van der Waals surface area contributed by atoms with Gasteiger partial charge in [-0.15, -0.1) is 0 Å². The molecule has 0 aliphatic carbocycles. The lowest BCUT2D eigenvalue weighted by Gasteiger charge is -2.14. The topological polar surface area (TPSA) is 60.2 Å². The minimum Gasteiger partial charge on any atom is -0.380 e. The van der Waals surface area contributed by atoms with E-state index in [-0.39, 0.29) is 6.10 Å². The summed E-state index contributed by atoms with van der Waals surface area (Å²) in [5.74, 6) is 0.862. The number of ether oxygens (including phenoxy) is 1. The Labute approximate surface area is 90.8 Å². The number of aromatic nitrogens is 1. The summed E-state index contributed by atoms with van der Waals surface area (Å²) in [6.45, 7) is 5.20. The molecule has 0 aromatic carbocycles. The van der Waals surface area contributed by atoms with Gasteiger partial charge in [-0.2, -0.15) is 0 Å². The molecule has 1 rings (SSSR count). The van der Waals surface area contributed by atoms with E-state index in [1.165, 1.54) is 0 Å². The zero-order chi connectivity index (χ0) is 11.3. The van der Waals surface area contributed by atoms with E-state index >= 15 is 0 Å². The SMILES string of the molecule is COC(C)CNc1nc(C)ccc1CN. The Morgan fingerprint density at radius 2 is 2.27 bits per heavy atom. The molecule has 1 aromatic heterocycles. The van der Waals surface area contributed by atoms with E-state index in [9.17, 15) is 0 Å². The van der Waals surface area contributed by atoms with Gasteiger partial charge in [-0.3, -0.25) is 0 Å². The maximum Gasteiger partial charge on any atom is 0.130 e. The fourth-order valence-corrected chi connectivity index (χ4v) is 1.23. The van der Waals surface area contributed by atoms with Crippen LogP contribution < -0.4 is 11.1 Å². The molecule has 1 aromatic rings. The summed E-state index contributed by atoms with van der Waals surface area (Å²) < 4.78 is 5.15. The molecule has 1 unspecified atom stereocenters. The largest absolute Gasteiger partial charge is 0.380 e. The van der Waals surface area contributed by atoms with Gasteiger partial charge in [0.2, 0.25) is 0 Å². The lowest BCUT2D eigenvalue weighted by atomic mass is 10.2. The predicted molar refractivity (Wildman–Crippen MR) is 61.8 cm³/mol. The summed E-state index contributed by atoms with van der Waals surface area (Å²) in [4.78, 5) is 4.40. The molecule has 4 nitrogen and oxygen atoms in total. The zero-order valence-corrected chi connectivity index (χ0v) is 9.58. The van der Waals surface area contributed by atoms with Crippen molar-refractivity contribution in [3.05, 3.63) is 23.4 Å². The first kappa shape index (κ1) is 11.9. The van der Waals surface area contributed by atoms with Gasteiger partial charge in [0.15, 0.2) is 0 Å². The smallest absolute Gasteiger partial charge is 0.130 e. The van der Waals surface area contributed by atoms with Crippen LogP contribution in [-0.2, 0) is 11.3 Å². The lowest BCUT2D eigenvalue weighted by Crippen LogP contribution is -2.20. The molecule has 0 amide bonds. The standard InChI is InChI=1S/C11H19N3O/c1-8-4-5-10(6-12)11(14-8)13-7-9(2)15-3/h4-5,9H,6-7,12H2,1-3H3,(H,13,14). The van der Waals surface area contributed by atoms with Crippen molar-refractivity contribution >= 4 is 5.82 Å². The normalized spacial score (nSPS) is 12.5. The van der Waals surface area contributed by atoms with Crippen LogP contribution in [0.15, 0.2) is 12.1 Å². The van der Waals surface area contributed by atoms with Crippen LogP contribution in [0, 0.1) is 6.92 Å². The lowest BCUT2D eigenvalue weighted by molar-refractivity contribution is 0.128. The van der Waals surface area contributed by atoms with Crippen molar-refractivity contribution in [3.8, 4) is 0 Å². The van der Waals surface area contributed by atoms with Crippen molar-refractivity contribution in [3.63, 3.8) is 0 Å². The van der Waals surface area contributed by atoms with Crippen LogP contribution in [0.25, 0.3) is 0 Å². The van der Waals surface area contributed by atoms with Gasteiger partial charge in [0.25, 0.3) is 0 Å². The van der Waals surface area contributed by atoms with Crippen molar-refractivity contribution in [1.29, 1.82) is 0 Å². The quantitative estimate of drug-likeness (QED) is 0.767. The van der Waals surface area contributed by atoms with Crippen LogP contribution in [0.2, 0.25) is 0 Å². The molecular formula is C11H19N3O. The van der Waals surface area contributed by atoms with E-state index < -0.39 is 0 Å². The Kier molecular flexibility index (Phi) is 4.52. The molecule has 3 N–H and O–H groups in total. The Balaban J connectivity index is 2.69. The molecule has 1 heterocycles. The number of nitrogens with one attached hydrogen (secondary N) is 1. The maximum atomic E-state index is 5.63. The van der Waals surface area contributed by atoms with Gasteiger partial charge < -0.3 is 15.8 Å². The minimum atomic E-state index is 0.165. The molecule has 1 atom stereocenters. The molecule has 15 heavy (non-hydrogen) atoms. The maximum absolute atomic E-state index is 5.63.